The SMILES string of the molecule is N#Cc1cccc(NCCC(=O)Nc2ccc(N3CCCCC3)cc2)c1. The van der Waals surface area contributed by atoms with E-state index in [4.69, 9.17) is 5.26 Å². The molecule has 5 heteroatoms. The molecule has 1 saturated heterocycles. The fourth-order valence-electron chi connectivity index (χ4n) is 3.15. The maximum Gasteiger partial charge on any atom is 0.226 e. The van der Waals surface area contributed by atoms with E-state index >= 15 is 0 Å². The molecule has 0 spiro atoms. The van der Waals surface area contributed by atoms with Gasteiger partial charge < -0.3 is 15.5 Å². The summed E-state index contributed by atoms with van der Waals surface area (Å²) < 4.78 is 0. The van der Waals surface area contributed by atoms with Crippen LogP contribution in [0.1, 0.15) is 31.2 Å². The first-order valence-corrected chi connectivity index (χ1v) is 9.13. The summed E-state index contributed by atoms with van der Waals surface area (Å²) >= 11 is 0. The van der Waals surface area contributed by atoms with Gasteiger partial charge in [-0.1, -0.05) is 6.07 Å². The summed E-state index contributed by atoms with van der Waals surface area (Å²) in [6.07, 6.45) is 4.19. The third-order valence-electron chi connectivity index (χ3n) is 4.55. The molecule has 134 valence electrons. The number of anilines is 3. The van der Waals surface area contributed by atoms with Gasteiger partial charge in [-0.25, -0.2) is 0 Å². The molecule has 0 aromatic heterocycles. The summed E-state index contributed by atoms with van der Waals surface area (Å²) in [5, 5.41) is 15.0. The number of piperidine rings is 1. The summed E-state index contributed by atoms with van der Waals surface area (Å²) in [6.45, 7) is 2.75. The third kappa shape index (κ3) is 5.00. The van der Waals surface area contributed by atoms with Gasteiger partial charge in [0.2, 0.25) is 5.91 Å². The number of amides is 1. The van der Waals surface area contributed by atoms with E-state index in [1.807, 2.05) is 24.3 Å². The molecule has 0 atom stereocenters. The van der Waals surface area contributed by atoms with E-state index in [0.29, 0.717) is 18.5 Å². The highest BCUT2D eigenvalue weighted by atomic mass is 16.1. The number of benzene rings is 2. The molecule has 0 saturated carbocycles. The van der Waals surface area contributed by atoms with Crippen LogP contribution in [-0.2, 0) is 4.79 Å². The first-order valence-electron chi connectivity index (χ1n) is 9.13. The highest BCUT2D eigenvalue weighted by Gasteiger charge is 2.10. The Balaban J connectivity index is 1.45. The van der Waals surface area contributed by atoms with Crippen LogP contribution in [-0.4, -0.2) is 25.5 Å². The summed E-state index contributed by atoms with van der Waals surface area (Å²) in [5.74, 6) is -0.0281. The van der Waals surface area contributed by atoms with Crippen molar-refractivity contribution in [2.75, 3.05) is 35.2 Å². The Morgan fingerprint density at radius 2 is 1.81 bits per heavy atom. The van der Waals surface area contributed by atoms with Crippen molar-refractivity contribution in [2.45, 2.75) is 25.7 Å². The van der Waals surface area contributed by atoms with Crippen LogP contribution < -0.4 is 15.5 Å². The topological polar surface area (TPSA) is 68.2 Å². The predicted molar refractivity (Wildman–Crippen MR) is 105 cm³/mol. The van der Waals surface area contributed by atoms with Gasteiger partial charge in [0.1, 0.15) is 0 Å². The minimum atomic E-state index is -0.0281. The lowest BCUT2D eigenvalue weighted by atomic mass is 10.1. The molecule has 2 aromatic carbocycles. The van der Waals surface area contributed by atoms with Crippen molar-refractivity contribution in [3.05, 3.63) is 54.1 Å². The quantitative estimate of drug-likeness (QED) is 0.828. The Labute approximate surface area is 154 Å². The van der Waals surface area contributed by atoms with Gasteiger partial charge >= 0.3 is 0 Å². The summed E-state index contributed by atoms with van der Waals surface area (Å²) in [6, 6.07) is 17.4. The van der Waals surface area contributed by atoms with Gasteiger partial charge in [-0.2, -0.15) is 5.26 Å². The van der Waals surface area contributed by atoms with Gasteiger partial charge in [0.15, 0.2) is 0 Å². The number of hydrogen-bond donors (Lipinski definition) is 2. The van der Waals surface area contributed by atoms with Crippen LogP contribution in [0, 0.1) is 11.3 Å². The zero-order valence-corrected chi connectivity index (χ0v) is 14.9. The molecule has 1 fully saturated rings. The Hall–Kier alpha value is -3.00. The van der Waals surface area contributed by atoms with Crippen molar-refractivity contribution in [3.63, 3.8) is 0 Å². The number of nitriles is 1. The van der Waals surface area contributed by atoms with Crippen LogP contribution in [0.4, 0.5) is 17.1 Å². The van der Waals surface area contributed by atoms with Crippen LogP contribution in [0.3, 0.4) is 0 Å². The molecule has 0 bridgehead atoms. The van der Waals surface area contributed by atoms with E-state index in [9.17, 15) is 4.79 Å². The fraction of sp³-hybridized carbons (Fsp3) is 0.333. The molecule has 2 N–H and O–H groups in total. The number of hydrogen-bond acceptors (Lipinski definition) is 4. The highest BCUT2D eigenvalue weighted by molar-refractivity contribution is 5.91. The standard InChI is InChI=1S/C21H24N4O/c22-16-17-5-4-6-19(15-17)23-12-11-21(26)24-18-7-9-20(10-8-18)25-13-2-1-3-14-25/h4-10,15,23H,1-3,11-14H2,(H,24,26). The summed E-state index contributed by atoms with van der Waals surface area (Å²) in [5.41, 5.74) is 3.50. The largest absolute Gasteiger partial charge is 0.384 e. The van der Waals surface area contributed by atoms with Crippen molar-refractivity contribution in [3.8, 4) is 6.07 Å². The molecule has 0 radical (unpaired) electrons. The number of carbonyl (C=O) groups is 1. The summed E-state index contributed by atoms with van der Waals surface area (Å²) in [4.78, 5) is 14.5. The van der Waals surface area contributed by atoms with E-state index in [0.717, 1.165) is 24.5 Å². The van der Waals surface area contributed by atoms with Crippen LogP contribution >= 0.6 is 0 Å². The van der Waals surface area contributed by atoms with Crippen LogP contribution in [0.5, 0.6) is 0 Å². The van der Waals surface area contributed by atoms with E-state index < -0.39 is 0 Å². The average Bonchev–Trinajstić information content (AvgIpc) is 2.69. The maximum atomic E-state index is 12.1. The molecule has 3 rings (SSSR count). The highest BCUT2D eigenvalue weighted by Crippen LogP contribution is 2.21. The molecule has 26 heavy (non-hydrogen) atoms. The minimum Gasteiger partial charge on any atom is -0.384 e. The van der Waals surface area contributed by atoms with Gasteiger partial charge in [-0.05, 0) is 61.7 Å². The molecule has 1 aliphatic heterocycles. The zero-order valence-electron chi connectivity index (χ0n) is 14.9. The van der Waals surface area contributed by atoms with Gasteiger partial charge in [0.05, 0.1) is 11.6 Å². The predicted octanol–water partition coefficient (Wildman–Crippen LogP) is 3.99. The fourth-order valence-corrected chi connectivity index (χ4v) is 3.15. The molecular formula is C21H24N4O. The van der Waals surface area contributed by atoms with Gasteiger partial charge in [0.25, 0.3) is 0 Å². The molecule has 0 unspecified atom stereocenters. The van der Waals surface area contributed by atoms with Crippen molar-refractivity contribution in [1.29, 1.82) is 5.26 Å². The van der Waals surface area contributed by atoms with Gasteiger partial charge in [-0.15, -0.1) is 0 Å². The maximum absolute atomic E-state index is 12.1. The Morgan fingerprint density at radius 1 is 1.04 bits per heavy atom. The smallest absolute Gasteiger partial charge is 0.226 e. The monoisotopic (exact) mass is 348 g/mol. The van der Waals surface area contributed by atoms with E-state index in [-0.39, 0.29) is 5.91 Å². The lowest BCUT2D eigenvalue weighted by Gasteiger charge is -2.28. The Morgan fingerprint density at radius 3 is 2.54 bits per heavy atom. The third-order valence-corrected chi connectivity index (χ3v) is 4.55. The van der Waals surface area contributed by atoms with Crippen molar-refractivity contribution < 1.29 is 4.79 Å². The molecule has 1 amide bonds. The average molecular weight is 348 g/mol. The van der Waals surface area contributed by atoms with Crippen LogP contribution in [0.25, 0.3) is 0 Å². The van der Waals surface area contributed by atoms with Crippen molar-refractivity contribution in [1.82, 2.24) is 0 Å². The van der Waals surface area contributed by atoms with Crippen molar-refractivity contribution >= 4 is 23.0 Å². The molecule has 1 aliphatic rings. The van der Waals surface area contributed by atoms with Crippen LogP contribution in [0.15, 0.2) is 48.5 Å². The number of rotatable bonds is 6. The second-order valence-corrected chi connectivity index (χ2v) is 6.51. The molecule has 0 aliphatic carbocycles. The minimum absolute atomic E-state index is 0.0281. The van der Waals surface area contributed by atoms with Gasteiger partial charge in [0, 0.05) is 43.1 Å². The van der Waals surface area contributed by atoms with Crippen LogP contribution in [0.2, 0.25) is 0 Å². The normalized spacial score (nSPS) is 13.7. The Kier molecular flexibility index (Phi) is 6.10. The number of nitrogens with one attached hydrogen (secondary N) is 2. The van der Waals surface area contributed by atoms with E-state index in [2.05, 4.69) is 33.7 Å². The van der Waals surface area contributed by atoms with E-state index in [1.54, 1.807) is 12.1 Å². The van der Waals surface area contributed by atoms with Crippen molar-refractivity contribution in [2.24, 2.45) is 0 Å². The second kappa shape index (κ2) is 8.91. The lowest BCUT2D eigenvalue weighted by molar-refractivity contribution is -0.115. The Bertz CT molecular complexity index is 773. The number of nitrogens with zero attached hydrogens (tertiary/aromatic N) is 2. The molecular weight excluding hydrogens is 324 g/mol. The lowest BCUT2D eigenvalue weighted by Crippen LogP contribution is -2.29. The molecule has 2 aromatic rings. The van der Waals surface area contributed by atoms with E-state index in [1.165, 1.54) is 24.9 Å². The molecule has 1 heterocycles. The first kappa shape index (κ1) is 17.8. The first-order chi connectivity index (χ1) is 12.7. The van der Waals surface area contributed by atoms with Gasteiger partial charge in [-0.3, -0.25) is 4.79 Å². The summed E-state index contributed by atoms with van der Waals surface area (Å²) in [7, 11) is 0. The number of carbonyl (C=O) groups excluding carboxylic acids is 1. The second-order valence-electron chi connectivity index (χ2n) is 6.51. The zero-order chi connectivity index (χ0) is 18.2. The molecule has 5 nitrogen and oxygen atoms in total.